The number of hydrogen-bond acceptors (Lipinski definition) is 7. The summed E-state index contributed by atoms with van der Waals surface area (Å²) in [5.41, 5.74) is 2.94. The van der Waals surface area contributed by atoms with Crippen LogP contribution in [0.3, 0.4) is 0 Å². The predicted octanol–water partition coefficient (Wildman–Crippen LogP) is 4.96. The molecule has 0 unspecified atom stereocenters. The highest BCUT2D eigenvalue weighted by Gasteiger charge is 2.22. The summed E-state index contributed by atoms with van der Waals surface area (Å²) in [7, 11) is 0. The molecule has 1 saturated heterocycles. The smallest absolute Gasteiger partial charge is 0.166 e. The van der Waals surface area contributed by atoms with Crippen LogP contribution >= 0.6 is 11.3 Å². The van der Waals surface area contributed by atoms with Gasteiger partial charge in [-0.3, -0.25) is 4.90 Å². The number of rotatable bonds is 6. The number of fused-ring (bicyclic) bond motifs is 2. The molecule has 1 aliphatic heterocycles. The molecule has 7 nitrogen and oxygen atoms in total. The molecule has 2 aliphatic rings. The van der Waals surface area contributed by atoms with Crippen LogP contribution < -0.4 is 5.32 Å². The largest absolute Gasteiger partial charge is 0.379 e. The zero-order chi connectivity index (χ0) is 22.0. The van der Waals surface area contributed by atoms with Crippen molar-refractivity contribution in [1.82, 2.24) is 24.4 Å². The van der Waals surface area contributed by atoms with Gasteiger partial charge in [-0.05, 0) is 18.9 Å². The molecule has 4 heterocycles. The van der Waals surface area contributed by atoms with Crippen LogP contribution in [0.1, 0.15) is 38.1 Å². The third-order valence-electron chi connectivity index (χ3n) is 6.94. The van der Waals surface area contributed by atoms with E-state index in [0.717, 1.165) is 67.8 Å². The highest BCUT2D eigenvalue weighted by Crippen LogP contribution is 2.36. The number of nitrogens with one attached hydrogen (secondary N) is 1. The standard InChI is InChI=1S/C25H30N6OS/c1-2-6-18(7-3-1)31-17-27-22-24(26-10-11-30-12-14-32-15-13-30)28-23(29-25(22)31)20-16-33-21-9-5-4-8-19(20)21/h4-5,8-9,16-18H,1-3,6-7,10-15H2,(H,26,28,29). The van der Waals surface area contributed by atoms with Gasteiger partial charge in [0.1, 0.15) is 5.52 Å². The minimum atomic E-state index is 0.479. The SMILES string of the molecule is c1ccc2c(-c3nc(NCCN4CCOCC4)c4ncn(C5CCCCC5)c4n3)csc2c1. The Balaban J connectivity index is 1.37. The number of benzene rings is 1. The number of thiophene rings is 1. The molecule has 1 N–H and O–H groups in total. The van der Waals surface area contributed by atoms with E-state index < -0.39 is 0 Å². The molecule has 33 heavy (non-hydrogen) atoms. The maximum Gasteiger partial charge on any atom is 0.166 e. The van der Waals surface area contributed by atoms with Crippen LogP contribution in [0, 0.1) is 0 Å². The summed E-state index contributed by atoms with van der Waals surface area (Å²) in [6.45, 7) is 5.41. The quantitative estimate of drug-likeness (QED) is 0.437. The van der Waals surface area contributed by atoms with E-state index in [2.05, 4.69) is 44.4 Å². The van der Waals surface area contributed by atoms with E-state index in [1.54, 1.807) is 11.3 Å². The van der Waals surface area contributed by atoms with Crippen LogP contribution in [0.2, 0.25) is 0 Å². The van der Waals surface area contributed by atoms with Gasteiger partial charge in [0.2, 0.25) is 0 Å². The number of nitrogens with zero attached hydrogens (tertiary/aromatic N) is 5. The van der Waals surface area contributed by atoms with Crippen molar-refractivity contribution in [3.63, 3.8) is 0 Å². The number of imidazole rings is 1. The number of anilines is 1. The Bertz CT molecular complexity index is 1240. The lowest BCUT2D eigenvalue weighted by Crippen LogP contribution is -2.39. The van der Waals surface area contributed by atoms with E-state index in [9.17, 15) is 0 Å². The molecule has 0 spiro atoms. The number of ether oxygens (including phenoxy) is 1. The molecule has 172 valence electrons. The van der Waals surface area contributed by atoms with Crippen molar-refractivity contribution in [2.45, 2.75) is 38.1 Å². The van der Waals surface area contributed by atoms with Gasteiger partial charge >= 0.3 is 0 Å². The molecule has 4 aromatic rings. The summed E-state index contributed by atoms with van der Waals surface area (Å²) < 4.78 is 9.05. The Labute approximate surface area is 197 Å². The molecule has 1 aliphatic carbocycles. The second-order valence-electron chi connectivity index (χ2n) is 9.04. The summed E-state index contributed by atoms with van der Waals surface area (Å²) in [6.07, 6.45) is 8.28. The number of aromatic nitrogens is 4. The van der Waals surface area contributed by atoms with Gasteiger partial charge < -0.3 is 14.6 Å². The molecule has 0 amide bonds. The van der Waals surface area contributed by atoms with E-state index >= 15 is 0 Å². The normalized spacial score (nSPS) is 18.3. The van der Waals surface area contributed by atoms with Gasteiger partial charge in [-0.25, -0.2) is 15.0 Å². The molecular weight excluding hydrogens is 432 g/mol. The van der Waals surface area contributed by atoms with Gasteiger partial charge in [-0.2, -0.15) is 0 Å². The van der Waals surface area contributed by atoms with Gasteiger partial charge in [0, 0.05) is 53.3 Å². The van der Waals surface area contributed by atoms with E-state index in [1.807, 2.05) is 6.33 Å². The maximum atomic E-state index is 5.48. The van der Waals surface area contributed by atoms with Crippen LogP contribution in [-0.2, 0) is 4.74 Å². The van der Waals surface area contributed by atoms with Crippen LogP contribution in [-0.4, -0.2) is 63.8 Å². The summed E-state index contributed by atoms with van der Waals surface area (Å²) in [6, 6.07) is 8.98. The second kappa shape index (κ2) is 9.37. The molecule has 8 heteroatoms. The van der Waals surface area contributed by atoms with Crippen molar-refractivity contribution in [2.24, 2.45) is 0 Å². The minimum Gasteiger partial charge on any atom is -0.379 e. The van der Waals surface area contributed by atoms with E-state index in [0.29, 0.717) is 6.04 Å². The van der Waals surface area contributed by atoms with Crippen LogP contribution in [0.5, 0.6) is 0 Å². The summed E-state index contributed by atoms with van der Waals surface area (Å²) in [4.78, 5) is 17.3. The minimum absolute atomic E-state index is 0.479. The van der Waals surface area contributed by atoms with Crippen LogP contribution in [0.15, 0.2) is 36.0 Å². The summed E-state index contributed by atoms with van der Waals surface area (Å²) >= 11 is 1.75. The number of morpholine rings is 1. The molecule has 0 atom stereocenters. The first-order valence-electron chi connectivity index (χ1n) is 12.1. The zero-order valence-corrected chi connectivity index (χ0v) is 19.7. The summed E-state index contributed by atoms with van der Waals surface area (Å²) in [5.74, 6) is 1.62. The lowest BCUT2D eigenvalue weighted by molar-refractivity contribution is 0.0398. The molecular formula is C25H30N6OS. The first-order valence-corrected chi connectivity index (χ1v) is 13.0. The van der Waals surface area contributed by atoms with Crippen molar-refractivity contribution in [3.8, 4) is 11.4 Å². The Morgan fingerprint density at radius 2 is 1.91 bits per heavy atom. The van der Waals surface area contributed by atoms with Crippen molar-refractivity contribution in [3.05, 3.63) is 36.0 Å². The molecule has 1 saturated carbocycles. The Morgan fingerprint density at radius 1 is 1.06 bits per heavy atom. The van der Waals surface area contributed by atoms with Crippen molar-refractivity contribution in [1.29, 1.82) is 0 Å². The van der Waals surface area contributed by atoms with Crippen molar-refractivity contribution < 1.29 is 4.74 Å². The second-order valence-corrected chi connectivity index (χ2v) is 9.95. The first-order chi connectivity index (χ1) is 16.4. The van der Waals surface area contributed by atoms with Gasteiger partial charge in [0.05, 0.1) is 19.5 Å². The molecule has 3 aromatic heterocycles. The fourth-order valence-corrected chi connectivity index (χ4v) is 6.03. The molecule has 1 aromatic carbocycles. The first kappa shape index (κ1) is 21.0. The van der Waals surface area contributed by atoms with E-state index in [-0.39, 0.29) is 0 Å². The molecule has 2 fully saturated rings. The average Bonchev–Trinajstić information content (AvgIpc) is 3.50. The van der Waals surface area contributed by atoms with E-state index in [1.165, 1.54) is 42.2 Å². The average molecular weight is 463 g/mol. The fraction of sp³-hybridized carbons (Fsp3) is 0.480. The van der Waals surface area contributed by atoms with Gasteiger partial charge in [-0.1, -0.05) is 37.5 Å². The monoisotopic (exact) mass is 462 g/mol. The lowest BCUT2D eigenvalue weighted by Gasteiger charge is -2.26. The Hall–Kier alpha value is -2.55. The molecule has 0 radical (unpaired) electrons. The molecule has 6 rings (SSSR count). The third-order valence-corrected chi connectivity index (χ3v) is 7.90. The lowest BCUT2D eigenvalue weighted by atomic mass is 9.95. The Kier molecular flexibility index (Phi) is 5.96. The maximum absolute atomic E-state index is 5.48. The van der Waals surface area contributed by atoms with Crippen LogP contribution in [0.4, 0.5) is 5.82 Å². The Morgan fingerprint density at radius 3 is 2.79 bits per heavy atom. The summed E-state index contributed by atoms with van der Waals surface area (Å²) in [5, 5.41) is 6.99. The highest BCUT2D eigenvalue weighted by molar-refractivity contribution is 7.17. The van der Waals surface area contributed by atoms with Crippen LogP contribution in [0.25, 0.3) is 32.6 Å². The highest BCUT2D eigenvalue weighted by atomic mass is 32.1. The molecule has 0 bridgehead atoms. The number of hydrogen-bond donors (Lipinski definition) is 1. The zero-order valence-electron chi connectivity index (χ0n) is 18.9. The third kappa shape index (κ3) is 4.23. The van der Waals surface area contributed by atoms with E-state index in [4.69, 9.17) is 19.7 Å². The van der Waals surface area contributed by atoms with Crippen molar-refractivity contribution in [2.75, 3.05) is 44.7 Å². The van der Waals surface area contributed by atoms with Gasteiger partial charge in [-0.15, -0.1) is 11.3 Å². The van der Waals surface area contributed by atoms with Gasteiger partial charge in [0.15, 0.2) is 17.3 Å². The predicted molar refractivity (Wildman–Crippen MR) is 134 cm³/mol. The fourth-order valence-electron chi connectivity index (χ4n) is 5.09. The van der Waals surface area contributed by atoms with Gasteiger partial charge in [0.25, 0.3) is 0 Å². The van der Waals surface area contributed by atoms with Crippen molar-refractivity contribution >= 4 is 38.4 Å². The topological polar surface area (TPSA) is 68.1 Å².